The second kappa shape index (κ2) is 4.97. The number of carbonyl (C=O) groups excluding carboxylic acids is 1. The molecule has 0 aromatic heterocycles. The summed E-state index contributed by atoms with van der Waals surface area (Å²) >= 11 is 0. The van der Waals surface area contributed by atoms with Crippen molar-refractivity contribution in [3.8, 4) is 0 Å². The number of amides is 1. The molecule has 15 heavy (non-hydrogen) atoms. The zero-order valence-electron chi connectivity index (χ0n) is 10.5. The van der Waals surface area contributed by atoms with Gasteiger partial charge in [0.05, 0.1) is 6.04 Å². The topological polar surface area (TPSA) is 32.3 Å². The van der Waals surface area contributed by atoms with E-state index in [0.717, 1.165) is 13.1 Å². The third kappa shape index (κ3) is 2.94. The Bertz CT molecular complexity index is 220. The first kappa shape index (κ1) is 12.5. The Hall–Kier alpha value is -0.570. The van der Waals surface area contributed by atoms with E-state index in [-0.39, 0.29) is 17.5 Å². The Morgan fingerprint density at radius 3 is 2.27 bits per heavy atom. The fourth-order valence-electron chi connectivity index (χ4n) is 2.25. The van der Waals surface area contributed by atoms with Gasteiger partial charge in [-0.05, 0) is 47.0 Å². The monoisotopic (exact) mass is 212 g/mol. The third-order valence-corrected chi connectivity index (χ3v) is 3.47. The summed E-state index contributed by atoms with van der Waals surface area (Å²) in [5.74, 6) is 0.230. The zero-order chi connectivity index (χ0) is 11.5. The predicted octanol–water partition coefficient (Wildman–Crippen LogP) is 1.78. The Kier molecular flexibility index (Phi) is 4.14. The minimum Gasteiger partial charge on any atom is -0.342 e. The second-order valence-electron chi connectivity index (χ2n) is 4.79. The van der Waals surface area contributed by atoms with E-state index in [0.29, 0.717) is 0 Å². The highest BCUT2D eigenvalue weighted by Crippen LogP contribution is 2.31. The van der Waals surface area contributed by atoms with Crippen LogP contribution in [0.15, 0.2) is 0 Å². The van der Waals surface area contributed by atoms with Crippen molar-refractivity contribution in [1.82, 2.24) is 10.2 Å². The molecule has 0 aliphatic heterocycles. The molecule has 88 valence electrons. The maximum absolute atomic E-state index is 12.0. The summed E-state index contributed by atoms with van der Waals surface area (Å²) < 4.78 is 0. The molecule has 1 amide bonds. The average Bonchev–Trinajstić information content (AvgIpc) is 2.17. The molecule has 1 fully saturated rings. The van der Waals surface area contributed by atoms with Gasteiger partial charge in [-0.25, -0.2) is 0 Å². The molecular weight excluding hydrogens is 188 g/mol. The van der Waals surface area contributed by atoms with E-state index in [1.54, 1.807) is 0 Å². The van der Waals surface area contributed by atoms with Crippen LogP contribution in [0.2, 0.25) is 0 Å². The van der Waals surface area contributed by atoms with Crippen LogP contribution in [0.4, 0.5) is 0 Å². The van der Waals surface area contributed by atoms with Crippen LogP contribution in [0.3, 0.4) is 0 Å². The fourth-order valence-corrected chi connectivity index (χ4v) is 2.25. The highest BCUT2D eigenvalue weighted by atomic mass is 16.2. The molecule has 1 rings (SSSR count). The summed E-state index contributed by atoms with van der Waals surface area (Å²) in [5, 5.41) is 3.45. The molecule has 1 atom stereocenters. The molecule has 1 aliphatic rings. The number of carbonyl (C=O) groups is 1. The quantitative estimate of drug-likeness (QED) is 0.753. The van der Waals surface area contributed by atoms with Crippen molar-refractivity contribution in [3.63, 3.8) is 0 Å². The lowest BCUT2D eigenvalue weighted by Gasteiger charge is -2.42. The van der Waals surface area contributed by atoms with Crippen molar-refractivity contribution >= 4 is 5.91 Å². The van der Waals surface area contributed by atoms with Gasteiger partial charge in [0.15, 0.2) is 0 Å². The van der Waals surface area contributed by atoms with Crippen LogP contribution < -0.4 is 5.32 Å². The van der Waals surface area contributed by atoms with Crippen LogP contribution in [0.1, 0.15) is 47.0 Å². The molecule has 0 spiro atoms. The molecule has 0 aromatic carbocycles. The van der Waals surface area contributed by atoms with Gasteiger partial charge in [0.1, 0.15) is 0 Å². The molecule has 3 heteroatoms. The molecule has 0 aromatic rings. The number of nitrogens with one attached hydrogen (secondary N) is 1. The van der Waals surface area contributed by atoms with Crippen molar-refractivity contribution in [2.45, 2.75) is 58.5 Å². The first-order chi connectivity index (χ1) is 7.02. The average molecular weight is 212 g/mol. The van der Waals surface area contributed by atoms with Crippen molar-refractivity contribution in [2.75, 3.05) is 13.1 Å². The van der Waals surface area contributed by atoms with Crippen molar-refractivity contribution in [2.24, 2.45) is 0 Å². The molecule has 0 heterocycles. The van der Waals surface area contributed by atoms with Gasteiger partial charge in [0.2, 0.25) is 5.91 Å². The molecule has 1 N–H and O–H groups in total. The van der Waals surface area contributed by atoms with E-state index in [1.165, 1.54) is 19.3 Å². The summed E-state index contributed by atoms with van der Waals surface area (Å²) in [6.45, 7) is 9.85. The molecule has 0 radical (unpaired) electrons. The van der Waals surface area contributed by atoms with Crippen LogP contribution in [-0.2, 0) is 4.79 Å². The minimum absolute atomic E-state index is 0.0461. The molecular formula is C12H24N2O. The van der Waals surface area contributed by atoms with Crippen LogP contribution >= 0.6 is 0 Å². The van der Waals surface area contributed by atoms with Crippen molar-refractivity contribution in [3.05, 3.63) is 0 Å². The second-order valence-corrected chi connectivity index (χ2v) is 4.79. The Balaban J connectivity index is 2.44. The molecule has 1 unspecified atom stereocenters. The number of rotatable bonds is 5. The summed E-state index contributed by atoms with van der Waals surface area (Å²) in [4.78, 5) is 13.9. The molecule has 1 aliphatic carbocycles. The zero-order valence-corrected chi connectivity index (χ0v) is 10.5. The highest BCUT2D eigenvalue weighted by Gasteiger charge is 2.34. The standard InChI is InChI=1S/C12H24N2O/c1-5-14(6-2)11(15)10(3)13-12(4)8-7-9-12/h10,13H,5-9H2,1-4H3. The lowest BCUT2D eigenvalue weighted by atomic mass is 9.78. The Morgan fingerprint density at radius 1 is 1.40 bits per heavy atom. The maximum atomic E-state index is 12.0. The summed E-state index contributed by atoms with van der Waals surface area (Å²) in [5.41, 5.74) is 0.211. The Labute approximate surface area is 93.2 Å². The number of hydrogen-bond acceptors (Lipinski definition) is 2. The van der Waals surface area contributed by atoms with Crippen molar-refractivity contribution in [1.29, 1.82) is 0 Å². The highest BCUT2D eigenvalue weighted by molar-refractivity contribution is 5.81. The van der Waals surface area contributed by atoms with Crippen molar-refractivity contribution < 1.29 is 4.79 Å². The van der Waals surface area contributed by atoms with Gasteiger partial charge in [-0.3, -0.25) is 4.79 Å². The first-order valence-corrected chi connectivity index (χ1v) is 6.09. The molecule has 1 saturated carbocycles. The van der Waals surface area contributed by atoms with Crippen LogP contribution in [0.5, 0.6) is 0 Å². The summed E-state index contributed by atoms with van der Waals surface area (Å²) in [6, 6.07) is -0.0461. The van der Waals surface area contributed by atoms with E-state index < -0.39 is 0 Å². The SMILES string of the molecule is CCN(CC)C(=O)C(C)NC1(C)CCC1. The third-order valence-electron chi connectivity index (χ3n) is 3.47. The number of hydrogen-bond donors (Lipinski definition) is 1. The van der Waals surface area contributed by atoms with Gasteiger partial charge in [-0.1, -0.05) is 0 Å². The fraction of sp³-hybridized carbons (Fsp3) is 0.917. The van der Waals surface area contributed by atoms with E-state index in [2.05, 4.69) is 12.2 Å². The normalized spacial score (nSPS) is 20.5. The predicted molar refractivity (Wildman–Crippen MR) is 62.8 cm³/mol. The Morgan fingerprint density at radius 2 is 1.93 bits per heavy atom. The van der Waals surface area contributed by atoms with Gasteiger partial charge >= 0.3 is 0 Å². The van der Waals surface area contributed by atoms with E-state index in [9.17, 15) is 4.79 Å². The minimum atomic E-state index is -0.0461. The molecule has 0 bridgehead atoms. The summed E-state index contributed by atoms with van der Waals surface area (Å²) in [7, 11) is 0. The van der Waals surface area contributed by atoms with Gasteiger partial charge in [-0.15, -0.1) is 0 Å². The van der Waals surface area contributed by atoms with Crippen LogP contribution in [0.25, 0.3) is 0 Å². The number of likely N-dealkylation sites (N-methyl/N-ethyl adjacent to an activating group) is 1. The van der Waals surface area contributed by atoms with Gasteiger partial charge in [0, 0.05) is 18.6 Å². The first-order valence-electron chi connectivity index (χ1n) is 6.09. The van der Waals surface area contributed by atoms with Crippen LogP contribution in [-0.4, -0.2) is 35.5 Å². The number of nitrogens with zero attached hydrogens (tertiary/aromatic N) is 1. The van der Waals surface area contributed by atoms with E-state index in [4.69, 9.17) is 0 Å². The van der Waals surface area contributed by atoms with Gasteiger partial charge in [-0.2, -0.15) is 0 Å². The summed E-state index contributed by atoms with van der Waals surface area (Å²) in [6.07, 6.45) is 3.68. The van der Waals surface area contributed by atoms with E-state index in [1.807, 2.05) is 25.7 Å². The lowest BCUT2D eigenvalue weighted by Crippen LogP contribution is -2.56. The van der Waals surface area contributed by atoms with E-state index >= 15 is 0 Å². The molecule has 3 nitrogen and oxygen atoms in total. The maximum Gasteiger partial charge on any atom is 0.239 e. The van der Waals surface area contributed by atoms with Gasteiger partial charge < -0.3 is 10.2 Å². The lowest BCUT2D eigenvalue weighted by molar-refractivity contribution is -0.133. The van der Waals surface area contributed by atoms with Gasteiger partial charge in [0.25, 0.3) is 0 Å². The van der Waals surface area contributed by atoms with Crippen LogP contribution in [0, 0.1) is 0 Å². The largest absolute Gasteiger partial charge is 0.342 e. The molecule has 0 saturated heterocycles. The smallest absolute Gasteiger partial charge is 0.239 e.